The molecule has 4 aliphatic carbocycles. The predicted octanol–water partition coefficient (Wildman–Crippen LogP) is 4.56. The Labute approximate surface area is 154 Å². The zero-order valence-electron chi connectivity index (χ0n) is 15.1. The average molecular weight is 350 g/mol. The van der Waals surface area contributed by atoms with Crippen LogP contribution in [0.4, 0.5) is 0 Å². The lowest BCUT2D eigenvalue weighted by Gasteiger charge is -2.56. The van der Waals surface area contributed by atoms with Crippen molar-refractivity contribution >= 4 is 5.91 Å². The Morgan fingerprint density at radius 2 is 1.88 bits per heavy atom. The van der Waals surface area contributed by atoms with Gasteiger partial charge in [0, 0.05) is 19.2 Å². The number of aromatic nitrogens is 1. The molecule has 4 fully saturated rings. The van der Waals surface area contributed by atoms with E-state index in [1.165, 1.54) is 38.5 Å². The lowest BCUT2D eigenvalue weighted by molar-refractivity contribution is -0.129. The summed E-state index contributed by atoms with van der Waals surface area (Å²) in [5.41, 5.74) is 2.17. The van der Waals surface area contributed by atoms with Crippen molar-refractivity contribution in [3.63, 3.8) is 0 Å². The summed E-state index contributed by atoms with van der Waals surface area (Å²) in [7, 11) is 0. The van der Waals surface area contributed by atoms with E-state index in [0.717, 1.165) is 34.8 Å². The quantitative estimate of drug-likeness (QED) is 0.860. The summed E-state index contributed by atoms with van der Waals surface area (Å²) in [4.78, 5) is 17.0. The van der Waals surface area contributed by atoms with E-state index in [2.05, 4.69) is 10.3 Å². The highest BCUT2D eigenvalue weighted by Crippen LogP contribution is 2.61. The summed E-state index contributed by atoms with van der Waals surface area (Å²) in [6.45, 7) is 0.557. The SMILES string of the molecule is O=C(CC12CC3CC(CC(C3)C1)C2)NCc1ccnc(-c2ccco2)c1. The molecule has 136 valence electrons. The van der Waals surface area contributed by atoms with Gasteiger partial charge in [0.25, 0.3) is 0 Å². The second-order valence-corrected chi connectivity index (χ2v) is 8.90. The van der Waals surface area contributed by atoms with Crippen LogP contribution in [-0.4, -0.2) is 10.9 Å². The largest absolute Gasteiger partial charge is 0.463 e. The molecule has 4 saturated carbocycles. The van der Waals surface area contributed by atoms with Crippen LogP contribution in [0.2, 0.25) is 0 Å². The fourth-order valence-electron chi connectivity index (χ4n) is 6.25. The van der Waals surface area contributed by atoms with Crippen LogP contribution in [0.1, 0.15) is 50.5 Å². The number of amides is 1. The van der Waals surface area contributed by atoms with Crippen molar-refractivity contribution in [1.29, 1.82) is 0 Å². The number of nitrogens with zero attached hydrogens (tertiary/aromatic N) is 1. The molecule has 4 nitrogen and oxygen atoms in total. The molecule has 6 rings (SSSR count). The first-order valence-corrected chi connectivity index (χ1v) is 9.93. The van der Waals surface area contributed by atoms with E-state index < -0.39 is 0 Å². The minimum Gasteiger partial charge on any atom is -0.463 e. The molecule has 4 heteroatoms. The van der Waals surface area contributed by atoms with Crippen molar-refractivity contribution in [2.24, 2.45) is 23.2 Å². The number of carbonyl (C=O) groups is 1. The second-order valence-electron chi connectivity index (χ2n) is 8.90. The van der Waals surface area contributed by atoms with E-state index in [1.54, 1.807) is 12.5 Å². The van der Waals surface area contributed by atoms with Gasteiger partial charge in [-0.3, -0.25) is 9.78 Å². The molecule has 0 aromatic carbocycles. The van der Waals surface area contributed by atoms with Crippen molar-refractivity contribution in [1.82, 2.24) is 10.3 Å². The first-order valence-electron chi connectivity index (χ1n) is 9.93. The first-order chi connectivity index (χ1) is 12.7. The summed E-state index contributed by atoms with van der Waals surface area (Å²) < 4.78 is 5.41. The van der Waals surface area contributed by atoms with E-state index in [1.807, 2.05) is 24.3 Å². The number of nitrogens with one attached hydrogen (secondary N) is 1. The molecule has 2 heterocycles. The molecule has 0 unspecified atom stereocenters. The molecular formula is C22H26N2O2. The number of furan rings is 1. The number of rotatable bonds is 5. The summed E-state index contributed by atoms with van der Waals surface area (Å²) in [6, 6.07) is 7.70. The van der Waals surface area contributed by atoms with E-state index in [9.17, 15) is 4.79 Å². The topological polar surface area (TPSA) is 55.1 Å². The molecule has 0 radical (unpaired) electrons. The highest BCUT2D eigenvalue weighted by Gasteiger charge is 2.51. The highest BCUT2D eigenvalue weighted by atomic mass is 16.3. The summed E-state index contributed by atoms with van der Waals surface area (Å²) >= 11 is 0. The van der Waals surface area contributed by atoms with Crippen molar-refractivity contribution in [2.75, 3.05) is 0 Å². The average Bonchev–Trinajstić information content (AvgIpc) is 3.13. The Balaban J connectivity index is 1.21. The fourth-order valence-corrected chi connectivity index (χ4v) is 6.25. The highest BCUT2D eigenvalue weighted by molar-refractivity contribution is 5.76. The second kappa shape index (κ2) is 6.26. The normalized spacial score (nSPS) is 31.9. The van der Waals surface area contributed by atoms with Gasteiger partial charge in [0.1, 0.15) is 5.69 Å². The first kappa shape index (κ1) is 16.1. The van der Waals surface area contributed by atoms with Gasteiger partial charge in [0.05, 0.1) is 6.26 Å². The van der Waals surface area contributed by atoms with Gasteiger partial charge in [0.2, 0.25) is 5.91 Å². The monoisotopic (exact) mass is 350 g/mol. The van der Waals surface area contributed by atoms with Crippen LogP contribution in [0.3, 0.4) is 0 Å². The van der Waals surface area contributed by atoms with Gasteiger partial charge < -0.3 is 9.73 Å². The van der Waals surface area contributed by atoms with Crippen LogP contribution in [0, 0.1) is 23.2 Å². The Hall–Kier alpha value is -2.10. The summed E-state index contributed by atoms with van der Waals surface area (Å²) in [5.74, 6) is 3.65. The van der Waals surface area contributed by atoms with E-state index in [0.29, 0.717) is 18.4 Å². The zero-order chi connectivity index (χ0) is 17.6. The van der Waals surface area contributed by atoms with E-state index in [4.69, 9.17) is 4.42 Å². The van der Waals surface area contributed by atoms with Crippen molar-refractivity contribution in [3.8, 4) is 11.5 Å². The van der Waals surface area contributed by atoms with Crippen LogP contribution >= 0.6 is 0 Å². The Bertz CT molecular complexity index is 761. The number of pyridine rings is 1. The van der Waals surface area contributed by atoms with Crippen LogP contribution in [-0.2, 0) is 11.3 Å². The minimum atomic E-state index is 0.211. The zero-order valence-corrected chi connectivity index (χ0v) is 15.1. The Morgan fingerprint density at radius 1 is 1.15 bits per heavy atom. The predicted molar refractivity (Wildman–Crippen MR) is 99.0 cm³/mol. The van der Waals surface area contributed by atoms with Crippen LogP contribution < -0.4 is 5.32 Å². The molecule has 0 spiro atoms. The van der Waals surface area contributed by atoms with Gasteiger partial charge in [-0.1, -0.05) is 0 Å². The van der Waals surface area contributed by atoms with Gasteiger partial charge in [-0.15, -0.1) is 0 Å². The third kappa shape index (κ3) is 3.06. The fraction of sp³-hybridized carbons (Fsp3) is 0.545. The van der Waals surface area contributed by atoms with Crippen LogP contribution in [0.25, 0.3) is 11.5 Å². The number of hydrogen-bond acceptors (Lipinski definition) is 3. The van der Waals surface area contributed by atoms with Crippen molar-refractivity contribution < 1.29 is 9.21 Å². The maximum Gasteiger partial charge on any atom is 0.220 e. The Morgan fingerprint density at radius 3 is 2.54 bits per heavy atom. The van der Waals surface area contributed by atoms with E-state index >= 15 is 0 Å². The van der Waals surface area contributed by atoms with Crippen LogP contribution in [0.15, 0.2) is 41.1 Å². The molecule has 1 amide bonds. The molecular weight excluding hydrogens is 324 g/mol. The maximum absolute atomic E-state index is 12.7. The smallest absolute Gasteiger partial charge is 0.220 e. The minimum absolute atomic E-state index is 0.211. The molecule has 0 saturated heterocycles. The summed E-state index contributed by atoms with van der Waals surface area (Å²) in [5, 5.41) is 3.15. The van der Waals surface area contributed by atoms with Crippen LogP contribution in [0.5, 0.6) is 0 Å². The van der Waals surface area contributed by atoms with Gasteiger partial charge in [0.15, 0.2) is 5.76 Å². The van der Waals surface area contributed by atoms with Gasteiger partial charge in [-0.05, 0) is 91.5 Å². The molecule has 0 aliphatic heterocycles. The van der Waals surface area contributed by atoms with Gasteiger partial charge in [-0.25, -0.2) is 0 Å². The standard InChI is InChI=1S/C22H26N2O2/c25-21(13-22-10-16-6-17(11-22)8-18(7-16)12-22)24-14-15-3-4-23-19(9-15)20-2-1-5-26-20/h1-5,9,16-18H,6-8,10-14H2,(H,24,25). The number of carbonyl (C=O) groups excluding carboxylic acids is 1. The summed E-state index contributed by atoms with van der Waals surface area (Å²) in [6.07, 6.45) is 12.3. The third-order valence-electron chi connectivity index (χ3n) is 6.79. The molecule has 4 bridgehead atoms. The Kier molecular flexibility index (Phi) is 3.87. The van der Waals surface area contributed by atoms with Crippen molar-refractivity contribution in [2.45, 2.75) is 51.5 Å². The molecule has 26 heavy (non-hydrogen) atoms. The molecule has 1 N–H and O–H groups in total. The number of hydrogen-bond donors (Lipinski definition) is 1. The third-order valence-corrected chi connectivity index (χ3v) is 6.79. The molecule has 0 atom stereocenters. The maximum atomic E-state index is 12.7. The molecule has 2 aromatic heterocycles. The van der Waals surface area contributed by atoms with E-state index in [-0.39, 0.29) is 5.91 Å². The molecule has 4 aliphatic rings. The van der Waals surface area contributed by atoms with Crippen molar-refractivity contribution in [3.05, 3.63) is 42.3 Å². The molecule has 2 aromatic rings. The lowest BCUT2D eigenvalue weighted by atomic mass is 9.49. The van der Waals surface area contributed by atoms with Gasteiger partial charge in [-0.2, -0.15) is 0 Å². The lowest BCUT2D eigenvalue weighted by Crippen LogP contribution is -2.47. The van der Waals surface area contributed by atoms with Gasteiger partial charge >= 0.3 is 0 Å².